The Labute approximate surface area is 144 Å². The first-order chi connectivity index (χ1) is 11.8. The van der Waals surface area contributed by atoms with E-state index in [2.05, 4.69) is 10.1 Å². The van der Waals surface area contributed by atoms with E-state index in [9.17, 15) is 14.4 Å². The van der Waals surface area contributed by atoms with Crippen molar-refractivity contribution in [2.24, 2.45) is 0 Å². The number of fused-ring (bicyclic) bond motifs is 1. The van der Waals surface area contributed by atoms with Gasteiger partial charge in [0.2, 0.25) is 5.91 Å². The number of hydrogen-bond donors (Lipinski definition) is 1. The number of carbonyl (C=O) groups excluding carboxylic acids is 3. The van der Waals surface area contributed by atoms with E-state index in [-0.39, 0.29) is 24.1 Å². The van der Waals surface area contributed by atoms with Gasteiger partial charge in [-0.05, 0) is 49.7 Å². The number of nitrogens with zero attached hydrogens (tertiary/aromatic N) is 1. The Morgan fingerprint density at radius 1 is 1.28 bits per heavy atom. The second-order valence-corrected chi connectivity index (χ2v) is 6.26. The Hall–Kier alpha value is -3.09. The van der Waals surface area contributed by atoms with Crippen molar-refractivity contribution in [1.82, 2.24) is 0 Å². The molecule has 2 heterocycles. The van der Waals surface area contributed by atoms with Gasteiger partial charge in [-0.1, -0.05) is 0 Å². The summed E-state index contributed by atoms with van der Waals surface area (Å²) < 4.78 is 9.73. The highest BCUT2D eigenvalue weighted by atomic mass is 16.5. The molecule has 0 saturated carbocycles. The van der Waals surface area contributed by atoms with Gasteiger partial charge in [-0.15, -0.1) is 0 Å². The molecule has 0 radical (unpaired) electrons. The average molecular weight is 342 g/mol. The lowest BCUT2D eigenvalue weighted by Gasteiger charge is -2.19. The summed E-state index contributed by atoms with van der Waals surface area (Å²) in [7, 11) is 1.28. The van der Waals surface area contributed by atoms with Crippen LogP contribution in [0.1, 0.15) is 30.0 Å². The number of esters is 1. The molecule has 0 spiro atoms. The molecule has 0 aliphatic carbocycles. The van der Waals surface area contributed by atoms with Crippen LogP contribution in [-0.2, 0) is 19.7 Å². The maximum absolute atomic E-state index is 12.7. The minimum Gasteiger partial charge on any atom is -0.468 e. The molecule has 7 heteroatoms. The summed E-state index contributed by atoms with van der Waals surface area (Å²) in [6, 6.07) is 8.32. The third kappa shape index (κ3) is 2.88. The van der Waals surface area contributed by atoms with Crippen molar-refractivity contribution in [2.75, 3.05) is 23.9 Å². The molecule has 2 amide bonds. The highest BCUT2D eigenvalue weighted by molar-refractivity contribution is 6.10. The Morgan fingerprint density at radius 2 is 2.04 bits per heavy atom. The fraction of sp³-hybridized carbons (Fsp3) is 0.278. The number of ether oxygens (including phenoxy) is 1. The van der Waals surface area contributed by atoms with Crippen molar-refractivity contribution in [3.8, 4) is 0 Å². The van der Waals surface area contributed by atoms with Crippen LogP contribution in [0.3, 0.4) is 0 Å². The quantitative estimate of drug-likeness (QED) is 0.862. The van der Waals surface area contributed by atoms with Crippen molar-refractivity contribution in [2.45, 2.75) is 19.3 Å². The molecule has 2 aromatic rings. The first-order valence-corrected chi connectivity index (χ1v) is 7.72. The van der Waals surface area contributed by atoms with Crippen molar-refractivity contribution in [1.29, 1.82) is 0 Å². The predicted octanol–water partition coefficient (Wildman–Crippen LogP) is 2.33. The Morgan fingerprint density at radius 3 is 2.68 bits per heavy atom. The third-order valence-corrected chi connectivity index (χ3v) is 4.26. The van der Waals surface area contributed by atoms with Crippen LogP contribution in [0, 0.1) is 0 Å². The number of anilines is 2. The third-order valence-electron chi connectivity index (χ3n) is 4.26. The van der Waals surface area contributed by atoms with Crippen LogP contribution in [-0.4, -0.2) is 31.4 Å². The minimum absolute atomic E-state index is 0.149. The number of carbonyl (C=O) groups is 3. The zero-order chi connectivity index (χ0) is 18.2. The fourth-order valence-electron chi connectivity index (χ4n) is 2.86. The van der Waals surface area contributed by atoms with E-state index in [1.165, 1.54) is 18.3 Å². The van der Waals surface area contributed by atoms with Gasteiger partial charge in [0.05, 0.1) is 18.8 Å². The van der Waals surface area contributed by atoms with Gasteiger partial charge in [0.25, 0.3) is 5.91 Å². The van der Waals surface area contributed by atoms with Gasteiger partial charge in [-0.2, -0.15) is 0 Å². The molecule has 0 bridgehead atoms. The average Bonchev–Trinajstić information content (AvgIpc) is 3.18. The lowest BCUT2D eigenvalue weighted by Crippen LogP contribution is -2.39. The zero-order valence-electron chi connectivity index (χ0n) is 14.2. The molecule has 0 fully saturated rings. The van der Waals surface area contributed by atoms with Crippen LogP contribution < -0.4 is 10.2 Å². The maximum atomic E-state index is 12.7. The topological polar surface area (TPSA) is 88.9 Å². The molecule has 1 N–H and O–H groups in total. The van der Waals surface area contributed by atoms with E-state index in [0.717, 1.165) is 5.56 Å². The number of nitrogens with one attached hydrogen (secondary N) is 1. The standard InChI is InChI=1S/C18H18N2O5/c1-18(2)12-9-11(19-16(22)14-5-4-8-25-14)6-7-13(12)20(17(18)23)10-15(21)24-3/h4-9H,10H2,1-3H3,(H,19,22). The number of rotatable bonds is 4. The molecule has 1 aromatic carbocycles. The monoisotopic (exact) mass is 342 g/mol. The predicted molar refractivity (Wildman–Crippen MR) is 90.5 cm³/mol. The molecular formula is C18H18N2O5. The van der Waals surface area contributed by atoms with Crippen molar-refractivity contribution >= 4 is 29.2 Å². The summed E-state index contributed by atoms with van der Waals surface area (Å²) in [6.45, 7) is 3.41. The lowest BCUT2D eigenvalue weighted by molar-refractivity contribution is -0.140. The van der Waals surface area contributed by atoms with Crippen molar-refractivity contribution in [3.63, 3.8) is 0 Å². The van der Waals surface area contributed by atoms with Crippen LogP contribution in [0.15, 0.2) is 41.0 Å². The van der Waals surface area contributed by atoms with Gasteiger partial charge in [0.1, 0.15) is 6.54 Å². The Bertz CT molecular complexity index is 839. The molecule has 1 aliphatic rings. The summed E-state index contributed by atoms with van der Waals surface area (Å²) in [4.78, 5) is 37.8. The second-order valence-electron chi connectivity index (χ2n) is 6.26. The van der Waals surface area contributed by atoms with E-state index in [0.29, 0.717) is 11.4 Å². The summed E-state index contributed by atoms with van der Waals surface area (Å²) >= 11 is 0. The molecule has 130 valence electrons. The van der Waals surface area contributed by atoms with E-state index in [1.807, 2.05) is 0 Å². The van der Waals surface area contributed by atoms with Crippen molar-refractivity contribution < 1.29 is 23.5 Å². The van der Waals surface area contributed by atoms with Crippen LogP contribution in [0.5, 0.6) is 0 Å². The summed E-state index contributed by atoms with van der Waals surface area (Å²) in [5.41, 5.74) is 1.10. The molecule has 7 nitrogen and oxygen atoms in total. The molecule has 0 unspecified atom stereocenters. The normalized spacial score (nSPS) is 15.0. The smallest absolute Gasteiger partial charge is 0.325 e. The fourth-order valence-corrected chi connectivity index (χ4v) is 2.86. The highest BCUT2D eigenvalue weighted by Crippen LogP contribution is 2.42. The van der Waals surface area contributed by atoms with E-state index < -0.39 is 11.4 Å². The maximum Gasteiger partial charge on any atom is 0.325 e. The Balaban J connectivity index is 1.91. The minimum atomic E-state index is -0.811. The molecule has 0 atom stereocenters. The summed E-state index contributed by atoms with van der Waals surface area (Å²) in [5.74, 6) is -0.865. The van der Waals surface area contributed by atoms with Crippen LogP contribution in [0.4, 0.5) is 11.4 Å². The molecular weight excluding hydrogens is 324 g/mol. The van der Waals surface area contributed by atoms with Gasteiger partial charge in [0.15, 0.2) is 5.76 Å². The van der Waals surface area contributed by atoms with E-state index in [4.69, 9.17) is 4.42 Å². The molecule has 25 heavy (non-hydrogen) atoms. The number of furan rings is 1. The second kappa shape index (κ2) is 6.08. The largest absolute Gasteiger partial charge is 0.468 e. The molecule has 3 rings (SSSR count). The van der Waals surface area contributed by atoms with Gasteiger partial charge < -0.3 is 19.4 Å². The summed E-state index contributed by atoms with van der Waals surface area (Å²) in [6.07, 6.45) is 1.42. The van der Waals surface area contributed by atoms with Gasteiger partial charge in [-0.25, -0.2) is 0 Å². The van der Waals surface area contributed by atoms with Crippen LogP contribution >= 0.6 is 0 Å². The van der Waals surface area contributed by atoms with Gasteiger partial charge >= 0.3 is 5.97 Å². The molecule has 1 aromatic heterocycles. The SMILES string of the molecule is COC(=O)CN1C(=O)C(C)(C)c2cc(NC(=O)c3ccco3)ccc21. The lowest BCUT2D eigenvalue weighted by atomic mass is 9.86. The zero-order valence-corrected chi connectivity index (χ0v) is 14.2. The van der Waals surface area contributed by atoms with Crippen LogP contribution in [0.2, 0.25) is 0 Å². The molecule has 0 saturated heterocycles. The number of amides is 2. The van der Waals surface area contributed by atoms with Gasteiger partial charge in [-0.3, -0.25) is 14.4 Å². The number of methoxy groups -OCH3 is 1. The number of hydrogen-bond acceptors (Lipinski definition) is 5. The van der Waals surface area contributed by atoms with Crippen LogP contribution in [0.25, 0.3) is 0 Å². The Kier molecular flexibility index (Phi) is 4.08. The first-order valence-electron chi connectivity index (χ1n) is 7.72. The van der Waals surface area contributed by atoms with Gasteiger partial charge in [0, 0.05) is 11.4 Å². The number of benzene rings is 1. The highest BCUT2D eigenvalue weighted by Gasteiger charge is 2.44. The molecule has 1 aliphatic heterocycles. The summed E-state index contributed by atoms with van der Waals surface area (Å²) in [5, 5.41) is 2.74. The van der Waals surface area contributed by atoms with E-state index >= 15 is 0 Å². The van der Waals surface area contributed by atoms with E-state index in [1.54, 1.807) is 44.2 Å². The van der Waals surface area contributed by atoms with Crippen molar-refractivity contribution in [3.05, 3.63) is 47.9 Å². The first kappa shape index (κ1) is 16.8.